The summed E-state index contributed by atoms with van der Waals surface area (Å²) in [7, 11) is 0. The summed E-state index contributed by atoms with van der Waals surface area (Å²) in [6.45, 7) is -0.263. The molecule has 3 nitrogen and oxygen atoms in total. The molecule has 0 unspecified atom stereocenters. The summed E-state index contributed by atoms with van der Waals surface area (Å²) in [5.74, 6) is 4.43. The summed E-state index contributed by atoms with van der Waals surface area (Å²) in [6.07, 6.45) is 0. The highest BCUT2D eigenvalue weighted by Crippen LogP contribution is 2.18. The number of nitrogens with one attached hydrogen (secondary N) is 1. The molecule has 0 bridgehead atoms. The van der Waals surface area contributed by atoms with Gasteiger partial charge in [-0.05, 0) is 29.6 Å². The van der Waals surface area contributed by atoms with Crippen LogP contribution in [-0.4, -0.2) is 17.6 Å². The van der Waals surface area contributed by atoms with Gasteiger partial charge in [-0.25, -0.2) is 4.39 Å². The van der Waals surface area contributed by atoms with Crippen LogP contribution in [0.4, 0.5) is 10.1 Å². The summed E-state index contributed by atoms with van der Waals surface area (Å²) >= 11 is 1.24. The van der Waals surface area contributed by atoms with Crippen molar-refractivity contribution in [3.05, 3.63) is 52.0 Å². The Hall–Kier alpha value is -2.16. The smallest absolute Gasteiger partial charge is 0.267 e. The Balaban J connectivity index is 2.19. The van der Waals surface area contributed by atoms with Crippen LogP contribution in [0.25, 0.3) is 0 Å². The molecule has 0 saturated heterocycles. The van der Waals surface area contributed by atoms with E-state index in [9.17, 15) is 9.18 Å². The third-order valence-corrected chi connectivity index (χ3v) is 3.17. The number of hydrogen-bond acceptors (Lipinski definition) is 3. The lowest BCUT2D eigenvalue weighted by molar-refractivity contribution is 0.103. The fraction of sp³-hybridized carbons (Fsp3) is 0.0714. The topological polar surface area (TPSA) is 49.3 Å². The fourth-order valence-corrected chi connectivity index (χ4v) is 2.22. The lowest BCUT2D eigenvalue weighted by Crippen LogP contribution is -2.11. The van der Waals surface area contributed by atoms with Crippen molar-refractivity contribution >= 4 is 22.9 Å². The van der Waals surface area contributed by atoms with Gasteiger partial charge in [-0.2, -0.15) is 0 Å². The molecule has 5 heteroatoms. The number of anilines is 1. The molecule has 0 spiro atoms. The highest BCUT2D eigenvalue weighted by Gasteiger charge is 2.12. The van der Waals surface area contributed by atoms with Gasteiger partial charge in [0, 0.05) is 11.3 Å². The first kappa shape index (κ1) is 13.3. The number of aliphatic hydroxyl groups is 1. The number of benzene rings is 1. The number of carbonyl (C=O) groups excluding carboxylic acids is 1. The van der Waals surface area contributed by atoms with E-state index in [4.69, 9.17) is 5.11 Å². The molecular weight excluding hydrogens is 265 g/mol. The van der Waals surface area contributed by atoms with E-state index in [1.165, 1.54) is 29.5 Å². The maximum atomic E-state index is 13.0. The van der Waals surface area contributed by atoms with Gasteiger partial charge in [0.05, 0.1) is 0 Å². The molecule has 1 aromatic carbocycles. The van der Waals surface area contributed by atoms with Crippen LogP contribution in [0.3, 0.4) is 0 Å². The van der Waals surface area contributed by atoms with Gasteiger partial charge in [0.1, 0.15) is 17.3 Å². The molecule has 0 aliphatic heterocycles. The van der Waals surface area contributed by atoms with E-state index in [1.807, 2.05) is 0 Å². The second-order valence-electron chi connectivity index (χ2n) is 3.59. The normalized spacial score (nSPS) is 9.58. The molecule has 19 heavy (non-hydrogen) atoms. The van der Waals surface area contributed by atoms with Crippen LogP contribution in [-0.2, 0) is 0 Å². The molecule has 0 atom stereocenters. The molecule has 0 saturated carbocycles. The van der Waals surface area contributed by atoms with Crippen LogP contribution in [0, 0.1) is 17.7 Å². The van der Waals surface area contributed by atoms with Crippen molar-refractivity contribution in [3.63, 3.8) is 0 Å². The average molecular weight is 275 g/mol. The van der Waals surface area contributed by atoms with Gasteiger partial charge < -0.3 is 10.4 Å². The van der Waals surface area contributed by atoms with Gasteiger partial charge >= 0.3 is 0 Å². The third kappa shape index (κ3) is 3.41. The minimum atomic E-state index is -0.413. The van der Waals surface area contributed by atoms with Crippen LogP contribution in [0.5, 0.6) is 0 Å². The van der Waals surface area contributed by atoms with Gasteiger partial charge in [-0.1, -0.05) is 17.9 Å². The predicted molar refractivity (Wildman–Crippen MR) is 72.6 cm³/mol. The number of thiophene rings is 1. The summed E-state index contributed by atoms with van der Waals surface area (Å²) in [4.78, 5) is 12.5. The van der Waals surface area contributed by atoms with Gasteiger partial charge in [-0.3, -0.25) is 4.79 Å². The molecule has 1 heterocycles. The summed E-state index contributed by atoms with van der Waals surface area (Å²) in [5.41, 5.74) is 0.937. The fourth-order valence-electron chi connectivity index (χ4n) is 1.47. The third-order valence-electron chi connectivity index (χ3n) is 2.26. The van der Waals surface area contributed by atoms with E-state index in [-0.39, 0.29) is 12.5 Å². The Morgan fingerprint density at radius 1 is 1.42 bits per heavy atom. The van der Waals surface area contributed by atoms with E-state index < -0.39 is 5.82 Å². The molecule has 2 aromatic rings. The summed E-state index contributed by atoms with van der Waals surface area (Å²) in [6, 6.07) is 7.37. The Labute approximate surface area is 113 Å². The maximum absolute atomic E-state index is 13.0. The molecule has 0 aliphatic carbocycles. The largest absolute Gasteiger partial charge is 0.384 e. The Bertz CT molecular complexity index is 655. The van der Waals surface area contributed by atoms with Crippen LogP contribution in [0.2, 0.25) is 0 Å². The van der Waals surface area contributed by atoms with Crippen LogP contribution >= 0.6 is 11.3 Å². The molecule has 2 rings (SSSR count). The monoisotopic (exact) mass is 275 g/mol. The van der Waals surface area contributed by atoms with E-state index in [0.29, 0.717) is 16.1 Å². The van der Waals surface area contributed by atoms with E-state index in [0.717, 1.165) is 0 Å². The summed E-state index contributed by atoms with van der Waals surface area (Å²) < 4.78 is 13.0. The number of hydrogen-bond donors (Lipinski definition) is 2. The molecular formula is C14H10FNO2S. The zero-order valence-electron chi connectivity index (χ0n) is 9.81. The van der Waals surface area contributed by atoms with Crippen molar-refractivity contribution in [1.29, 1.82) is 0 Å². The molecule has 96 valence electrons. The highest BCUT2D eigenvalue weighted by atomic mass is 32.1. The Morgan fingerprint density at radius 2 is 2.26 bits per heavy atom. The van der Waals surface area contributed by atoms with Gasteiger partial charge in [0.2, 0.25) is 0 Å². The Kier molecular flexibility index (Phi) is 4.29. The van der Waals surface area contributed by atoms with Crippen molar-refractivity contribution in [3.8, 4) is 11.8 Å². The van der Waals surface area contributed by atoms with Crippen LogP contribution in [0.15, 0.2) is 35.7 Å². The standard InChI is InChI=1S/C14H10FNO2S/c15-11-4-1-5-12(9-11)16-14(18)13-10(3-2-7-17)6-8-19-13/h1,4-6,8-9,17H,7H2,(H,16,18). The van der Waals surface area contributed by atoms with Crippen molar-refractivity contribution in [2.24, 2.45) is 0 Å². The lowest BCUT2D eigenvalue weighted by atomic mass is 10.2. The molecule has 1 amide bonds. The predicted octanol–water partition coefficient (Wildman–Crippen LogP) is 2.48. The van der Waals surface area contributed by atoms with Gasteiger partial charge in [0.25, 0.3) is 5.91 Å². The van der Waals surface area contributed by atoms with Crippen molar-refractivity contribution in [2.75, 3.05) is 11.9 Å². The molecule has 0 radical (unpaired) electrons. The zero-order chi connectivity index (χ0) is 13.7. The first-order valence-electron chi connectivity index (χ1n) is 5.45. The second kappa shape index (κ2) is 6.14. The zero-order valence-corrected chi connectivity index (χ0v) is 10.6. The lowest BCUT2D eigenvalue weighted by Gasteiger charge is -2.03. The van der Waals surface area contributed by atoms with E-state index >= 15 is 0 Å². The molecule has 0 fully saturated rings. The number of rotatable bonds is 2. The molecule has 1 aromatic heterocycles. The van der Waals surface area contributed by atoms with Crippen molar-refractivity contribution in [2.45, 2.75) is 0 Å². The highest BCUT2D eigenvalue weighted by molar-refractivity contribution is 7.12. The van der Waals surface area contributed by atoms with Gasteiger partial charge in [-0.15, -0.1) is 11.3 Å². The van der Waals surface area contributed by atoms with Crippen molar-refractivity contribution < 1.29 is 14.3 Å². The number of aliphatic hydroxyl groups excluding tert-OH is 1. The number of halogens is 1. The minimum absolute atomic E-state index is 0.263. The summed E-state index contributed by atoms with van der Waals surface area (Å²) in [5, 5.41) is 13.0. The number of amides is 1. The van der Waals surface area contributed by atoms with Crippen LogP contribution in [0.1, 0.15) is 15.2 Å². The van der Waals surface area contributed by atoms with E-state index in [2.05, 4.69) is 17.2 Å². The molecule has 0 aliphatic rings. The second-order valence-corrected chi connectivity index (χ2v) is 4.50. The first-order valence-corrected chi connectivity index (χ1v) is 6.33. The first-order chi connectivity index (χ1) is 9.20. The van der Waals surface area contributed by atoms with Gasteiger partial charge in [0.15, 0.2) is 0 Å². The Morgan fingerprint density at radius 3 is 3.00 bits per heavy atom. The van der Waals surface area contributed by atoms with E-state index in [1.54, 1.807) is 17.5 Å². The SMILES string of the molecule is O=C(Nc1cccc(F)c1)c1sccc1C#CCO. The molecule has 2 N–H and O–H groups in total. The number of carbonyl (C=O) groups is 1. The average Bonchev–Trinajstić information content (AvgIpc) is 2.84. The van der Waals surface area contributed by atoms with Crippen molar-refractivity contribution in [1.82, 2.24) is 0 Å². The minimum Gasteiger partial charge on any atom is -0.384 e. The maximum Gasteiger partial charge on any atom is 0.267 e. The van der Waals surface area contributed by atoms with Crippen LogP contribution < -0.4 is 5.32 Å². The quantitative estimate of drug-likeness (QED) is 0.827.